The fourth-order valence-corrected chi connectivity index (χ4v) is 3.73. The highest BCUT2D eigenvalue weighted by Crippen LogP contribution is 2.36. The Labute approximate surface area is 184 Å². The van der Waals surface area contributed by atoms with E-state index in [1.54, 1.807) is 0 Å². The summed E-state index contributed by atoms with van der Waals surface area (Å²) in [4.78, 5) is 6.61. The smallest absolute Gasteiger partial charge is 0.289 e. The van der Waals surface area contributed by atoms with Crippen molar-refractivity contribution in [3.8, 4) is 11.5 Å². The van der Waals surface area contributed by atoms with Crippen LogP contribution in [0.2, 0.25) is 0 Å². The van der Waals surface area contributed by atoms with Crippen molar-refractivity contribution in [2.24, 2.45) is 4.99 Å². The van der Waals surface area contributed by atoms with Crippen LogP contribution in [0.1, 0.15) is 25.8 Å². The monoisotopic (exact) mass is 415 g/mol. The third kappa shape index (κ3) is 4.66. The molecule has 1 atom stereocenters. The van der Waals surface area contributed by atoms with E-state index < -0.39 is 0 Å². The molecule has 160 valence electrons. The summed E-state index contributed by atoms with van der Waals surface area (Å²) >= 11 is 0. The van der Waals surface area contributed by atoms with Gasteiger partial charge < -0.3 is 19.7 Å². The molecule has 1 aliphatic rings. The van der Waals surface area contributed by atoms with Crippen LogP contribution in [0.15, 0.2) is 83.9 Å². The molecule has 1 aliphatic heterocycles. The second kappa shape index (κ2) is 9.13. The fraction of sp³-hybridized carbons (Fsp3) is 0.269. The minimum absolute atomic E-state index is 0.151. The molecule has 0 bridgehead atoms. The van der Waals surface area contributed by atoms with Crippen LogP contribution in [0.5, 0.6) is 11.5 Å². The molecule has 5 heteroatoms. The lowest BCUT2D eigenvalue weighted by molar-refractivity contribution is 0.346. The molecule has 5 nitrogen and oxygen atoms in total. The minimum atomic E-state index is -0.151. The molecule has 1 heterocycles. The normalized spacial score (nSPS) is 14.9. The Kier molecular flexibility index (Phi) is 6.12. The maximum absolute atomic E-state index is 5.93. The Morgan fingerprint density at radius 2 is 1.65 bits per heavy atom. The number of aliphatic imine (C=N–C) groups is 1. The zero-order valence-corrected chi connectivity index (χ0v) is 18.3. The number of ether oxygens (including phenoxy) is 2. The first-order chi connectivity index (χ1) is 15.1. The van der Waals surface area contributed by atoms with Crippen molar-refractivity contribution in [2.75, 3.05) is 30.4 Å². The number of hydrogen-bond donors (Lipinski definition) is 1. The van der Waals surface area contributed by atoms with Gasteiger partial charge in [0.2, 0.25) is 0 Å². The standard InChI is InChI=1S/C26H29N3O2/c1-4-26(2,20-10-12-21(13-11-20)28-25-27-18-19-30-25)29(3)22-14-16-24(17-15-22)31-23-8-6-5-7-9-23/h5-17H,4,18-19H2,1-3H3,(H,27,28). The molecular weight excluding hydrogens is 386 g/mol. The molecule has 0 aliphatic carbocycles. The van der Waals surface area contributed by atoms with Gasteiger partial charge in [-0.25, -0.2) is 4.99 Å². The van der Waals surface area contributed by atoms with Crippen molar-refractivity contribution in [1.29, 1.82) is 0 Å². The van der Waals surface area contributed by atoms with Gasteiger partial charge in [0.1, 0.15) is 18.1 Å². The molecule has 4 rings (SSSR count). The number of nitrogens with one attached hydrogen (secondary N) is 1. The summed E-state index contributed by atoms with van der Waals surface area (Å²) in [5.74, 6) is 1.67. The lowest BCUT2D eigenvalue weighted by Crippen LogP contribution is -2.40. The van der Waals surface area contributed by atoms with Crippen LogP contribution in [0, 0.1) is 0 Å². The number of rotatable bonds is 7. The Balaban J connectivity index is 1.49. The summed E-state index contributed by atoms with van der Waals surface area (Å²) in [6, 6.07) is 27.2. The van der Waals surface area contributed by atoms with E-state index in [9.17, 15) is 0 Å². The van der Waals surface area contributed by atoms with Gasteiger partial charge in [0.15, 0.2) is 0 Å². The SMILES string of the molecule is CCC(C)(c1ccc(NC2=NCCO2)cc1)N(C)c1ccc(Oc2ccccc2)cc1. The first-order valence-corrected chi connectivity index (χ1v) is 10.7. The Bertz CT molecular complexity index is 1020. The predicted molar refractivity (Wildman–Crippen MR) is 127 cm³/mol. The van der Waals surface area contributed by atoms with Crippen LogP contribution in [0.25, 0.3) is 0 Å². The topological polar surface area (TPSA) is 46.1 Å². The maximum Gasteiger partial charge on any atom is 0.289 e. The van der Waals surface area contributed by atoms with E-state index in [1.807, 2.05) is 42.5 Å². The first kappa shape index (κ1) is 20.8. The van der Waals surface area contributed by atoms with Crippen molar-refractivity contribution < 1.29 is 9.47 Å². The highest BCUT2D eigenvalue weighted by Gasteiger charge is 2.30. The zero-order valence-electron chi connectivity index (χ0n) is 18.3. The largest absolute Gasteiger partial charge is 0.463 e. The van der Waals surface area contributed by atoms with Gasteiger partial charge in [0.05, 0.1) is 12.1 Å². The summed E-state index contributed by atoms with van der Waals surface area (Å²) in [6.45, 7) is 5.85. The number of anilines is 2. The molecule has 3 aromatic rings. The lowest BCUT2D eigenvalue weighted by Gasteiger charge is -2.40. The fourth-order valence-electron chi connectivity index (χ4n) is 3.73. The van der Waals surface area contributed by atoms with Crippen molar-refractivity contribution >= 4 is 17.4 Å². The van der Waals surface area contributed by atoms with Crippen LogP contribution in [0.3, 0.4) is 0 Å². The van der Waals surface area contributed by atoms with Crippen LogP contribution in [-0.2, 0) is 10.3 Å². The van der Waals surface area contributed by atoms with Crippen molar-refractivity contribution in [3.05, 3.63) is 84.4 Å². The number of amidine groups is 1. The molecule has 0 spiro atoms. The second-order valence-electron chi connectivity index (χ2n) is 7.83. The highest BCUT2D eigenvalue weighted by atomic mass is 16.5. The van der Waals surface area contributed by atoms with Gasteiger partial charge >= 0.3 is 0 Å². The van der Waals surface area contributed by atoms with E-state index in [4.69, 9.17) is 9.47 Å². The van der Waals surface area contributed by atoms with E-state index in [-0.39, 0.29) is 5.54 Å². The Morgan fingerprint density at radius 1 is 0.968 bits per heavy atom. The van der Waals surface area contributed by atoms with Gasteiger partial charge in [-0.1, -0.05) is 37.3 Å². The summed E-state index contributed by atoms with van der Waals surface area (Å²) in [5, 5.41) is 3.22. The van der Waals surface area contributed by atoms with Gasteiger partial charge in [0, 0.05) is 18.4 Å². The van der Waals surface area contributed by atoms with E-state index in [0.29, 0.717) is 19.2 Å². The van der Waals surface area contributed by atoms with Crippen LogP contribution in [0.4, 0.5) is 11.4 Å². The summed E-state index contributed by atoms with van der Waals surface area (Å²) in [6.07, 6.45) is 0.967. The van der Waals surface area contributed by atoms with Crippen LogP contribution >= 0.6 is 0 Å². The third-order valence-electron chi connectivity index (χ3n) is 5.98. The third-order valence-corrected chi connectivity index (χ3v) is 5.98. The maximum atomic E-state index is 5.93. The van der Waals surface area contributed by atoms with E-state index in [1.165, 1.54) is 5.56 Å². The number of nitrogens with zero attached hydrogens (tertiary/aromatic N) is 2. The number of hydrogen-bond acceptors (Lipinski definition) is 5. The molecule has 0 radical (unpaired) electrons. The van der Waals surface area contributed by atoms with E-state index in [2.05, 4.69) is 72.5 Å². The van der Waals surface area contributed by atoms with Crippen molar-refractivity contribution in [1.82, 2.24) is 0 Å². The number of benzene rings is 3. The molecule has 0 saturated carbocycles. The molecule has 0 fully saturated rings. The molecule has 0 aromatic heterocycles. The Hall–Kier alpha value is -3.47. The van der Waals surface area contributed by atoms with E-state index >= 15 is 0 Å². The zero-order chi connectivity index (χ0) is 21.7. The molecule has 3 aromatic carbocycles. The predicted octanol–water partition coefficient (Wildman–Crippen LogP) is 6.04. The average molecular weight is 416 g/mol. The Morgan fingerprint density at radius 3 is 2.26 bits per heavy atom. The van der Waals surface area contributed by atoms with Crippen LogP contribution in [-0.4, -0.2) is 26.2 Å². The van der Waals surface area contributed by atoms with Gasteiger partial charge in [0.25, 0.3) is 6.02 Å². The second-order valence-corrected chi connectivity index (χ2v) is 7.83. The van der Waals surface area contributed by atoms with Gasteiger partial charge in [-0.2, -0.15) is 0 Å². The quantitative estimate of drug-likeness (QED) is 0.511. The molecular formula is C26H29N3O2. The summed E-state index contributed by atoms with van der Waals surface area (Å²) < 4.78 is 11.4. The van der Waals surface area contributed by atoms with Gasteiger partial charge in [-0.3, -0.25) is 0 Å². The van der Waals surface area contributed by atoms with Crippen molar-refractivity contribution in [3.63, 3.8) is 0 Å². The van der Waals surface area contributed by atoms with E-state index in [0.717, 1.165) is 29.3 Å². The van der Waals surface area contributed by atoms with Gasteiger partial charge in [-0.15, -0.1) is 0 Å². The van der Waals surface area contributed by atoms with Crippen molar-refractivity contribution in [2.45, 2.75) is 25.8 Å². The van der Waals surface area contributed by atoms with Gasteiger partial charge in [-0.05, 0) is 67.4 Å². The number of para-hydroxylation sites is 1. The molecule has 31 heavy (non-hydrogen) atoms. The minimum Gasteiger partial charge on any atom is -0.463 e. The van der Waals surface area contributed by atoms with Crippen LogP contribution < -0.4 is 15.0 Å². The lowest BCUT2D eigenvalue weighted by atomic mass is 9.87. The highest BCUT2D eigenvalue weighted by molar-refractivity contribution is 5.89. The first-order valence-electron chi connectivity index (χ1n) is 10.7. The molecule has 0 amide bonds. The summed E-state index contributed by atoms with van der Waals surface area (Å²) in [7, 11) is 2.14. The molecule has 1 N–H and O–H groups in total. The average Bonchev–Trinajstić information content (AvgIpc) is 3.33. The molecule has 0 saturated heterocycles. The molecule has 1 unspecified atom stereocenters. The summed E-state index contributed by atoms with van der Waals surface area (Å²) in [5.41, 5.74) is 3.22.